The minimum atomic E-state index is -2.13. The lowest BCUT2D eigenvalue weighted by molar-refractivity contribution is -0.154. The van der Waals surface area contributed by atoms with Gasteiger partial charge in [-0.15, -0.1) is 0 Å². The number of halogens is 3. The summed E-state index contributed by atoms with van der Waals surface area (Å²) in [6.45, 7) is 0. The van der Waals surface area contributed by atoms with Crippen molar-refractivity contribution in [3.8, 4) is 0 Å². The predicted molar refractivity (Wildman–Crippen MR) is 80.5 cm³/mol. The van der Waals surface area contributed by atoms with Crippen LogP contribution in [0.15, 0.2) is 0 Å². The van der Waals surface area contributed by atoms with Crippen LogP contribution >= 0.6 is 34.8 Å². The van der Waals surface area contributed by atoms with Gasteiger partial charge in [0.15, 0.2) is 0 Å². The first-order valence-corrected chi connectivity index (χ1v) is 8.43. The number of carboxylic acids is 1. The molecule has 1 atom stereocenters. The highest BCUT2D eigenvalue weighted by molar-refractivity contribution is 6.76. The predicted octanol–water partition coefficient (Wildman–Crippen LogP) is 3.14. The lowest BCUT2D eigenvalue weighted by atomic mass is 9.47. The zero-order valence-corrected chi connectivity index (χ0v) is 13.7. The maximum atomic E-state index is 11.9. The molecule has 0 aromatic heterocycles. The second kappa shape index (κ2) is 5.17. The normalized spacial score (nSPS) is 39.1. The molecule has 0 aliphatic heterocycles. The van der Waals surface area contributed by atoms with Crippen LogP contribution < -0.4 is 5.32 Å². The van der Waals surface area contributed by atoms with Crippen LogP contribution in [0.2, 0.25) is 0 Å². The highest BCUT2D eigenvalue weighted by atomic mass is 35.6. The van der Waals surface area contributed by atoms with Crippen molar-refractivity contribution >= 4 is 46.7 Å². The highest BCUT2D eigenvalue weighted by Crippen LogP contribution is 2.61. The molecule has 4 bridgehead atoms. The van der Waals surface area contributed by atoms with Crippen molar-refractivity contribution < 1.29 is 14.7 Å². The van der Waals surface area contributed by atoms with E-state index in [1.54, 1.807) is 0 Å². The Bertz CT molecular complexity index is 439. The zero-order chi connectivity index (χ0) is 15.4. The SMILES string of the molecule is O=C(O)[C@H](NC(=O)C(Cl)(Cl)Cl)C12CC3CC(CC(C3)C1)C2. The quantitative estimate of drug-likeness (QED) is 0.765. The second-order valence-corrected chi connectivity index (χ2v) is 9.30. The molecule has 4 nitrogen and oxygen atoms in total. The van der Waals surface area contributed by atoms with Crippen molar-refractivity contribution in [1.29, 1.82) is 0 Å². The molecule has 4 saturated carbocycles. The lowest BCUT2D eigenvalue weighted by Gasteiger charge is -2.58. The topological polar surface area (TPSA) is 66.4 Å². The largest absolute Gasteiger partial charge is 0.480 e. The van der Waals surface area contributed by atoms with Gasteiger partial charge in [-0.25, -0.2) is 4.79 Å². The molecule has 1 amide bonds. The third kappa shape index (κ3) is 2.87. The van der Waals surface area contributed by atoms with Crippen LogP contribution in [0, 0.1) is 23.2 Å². The van der Waals surface area contributed by atoms with Gasteiger partial charge in [0.25, 0.3) is 9.70 Å². The maximum absolute atomic E-state index is 11.9. The van der Waals surface area contributed by atoms with Crippen molar-refractivity contribution in [1.82, 2.24) is 5.32 Å². The van der Waals surface area contributed by atoms with Crippen LogP contribution in [0.25, 0.3) is 0 Å². The Kier molecular flexibility index (Phi) is 3.87. The van der Waals surface area contributed by atoms with Crippen LogP contribution in [-0.4, -0.2) is 26.8 Å². The number of alkyl halides is 3. The van der Waals surface area contributed by atoms with Gasteiger partial charge < -0.3 is 10.4 Å². The fraction of sp³-hybridized carbons (Fsp3) is 0.857. The van der Waals surface area contributed by atoms with Crippen molar-refractivity contribution in [3.05, 3.63) is 0 Å². The summed E-state index contributed by atoms with van der Waals surface area (Å²) in [6, 6.07) is -0.964. The Morgan fingerprint density at radius 3 is 1.81 bits per heavy atom. The molecule has 21 heavy (non-hydrogen) atoms. The Morgan fingerprint density at radius 2 is 1.48 bits per heavy atom. The number of nitrogens with one attached hydrogen (secondary N) is 1. The standard InChI is InChI=1S/C14H18Cl3NO3/c15-14(16,17)12(21)18-10(11(19)20)13-4-7-1-8(5-13)3-9(2-7)6-13/h7-10H,1-6H2,(H,18,21)(H,19,20)/t7?,8?,9?,10-,13?/m0/s1. The third-order valence-electron chi connectivity index (χ3n) is 5.48. The molecular formula is C14H18Cl3NO3. The number of hydrogen-bond acceptors (Lipinski definition) is 2. The average Bonchev–Trinajstić information content (AvgIpc) is 2.31. The van der Waals surface area contributed by atoms with Gasteiger partial charge in [0.05, 0.1) is 0 Å². The van der Waals surface area contributed by atoms with E-state index < -0.39 is 21.7 Å². The van der Waals surface area contributed by atoms with E-state index in [1.807, 2.05) is 0 Å². The molecule has 0 saturated heterocycles. The van der Waals surface area contributed by atoms with Crippen LogP contribution in [0.4, 0.5) is 0 Å². The molecule has 0 aromatic rings. The first kappa shape index (κ1) is 15.7. The minimum absolute atomic E-state index is 0.369. The van der Waals surface area contributed by atoms with E-state index in [-0.39, 0.29) is 5.41 Å². The van der Waals surface area contributed by atoms with Gasteiger partial charge >= 0.3 is 5.97 Å². The van der Waals surface area contributed by atoms with E-state index in [0.29, 0.717) is 17.8 Å². The number of amides is 1. The molecule has 2 N–H and O–H groups in total. The molecule has 118 valence electrons. The first-order valence-electron chi connectivity index (χ1n) is 7.30. The Hall–Kier alpha value is -0.190. The van der Waals surface area contributed by atoms with Crippen LogP contribution in [0.5, 0.6) is 0 Å². The molecule has 4 fully saturated rings. The number of carbonyl (C=O) groups is 2. The van der Waals surface area contributed by atoms with Crippen molar-refractivity contribution in [2.45, 2.75) is 48.4 Å². The first-order chi connectivity index (χ1) is 9.69. The van der Waals surface area contributed by atoms with E-state index in [0.717, 1.165) is 19.3 Å². The molecule has 4 aliphatic rings. The number of rotatable bonds is 3. The van der Waals surface area contributed by atoms with Crippen LogP contribution in [0.1, 0.15) is 38.5 Å². The van der Waals surface area contributed by atoms with E-state index in [2.05, 4.69) is 5.32 Å². The summed E-state index contributed by atoms with van der Waals surface area (Å²) in [5, 5.41) is 12.1. The summed E-state index contributed by atoms with van der Waals surface area (Å²) >= 11 is 16.7. The summed E-state index contributed by atoms with van der Waals surface area (Å²) in [4.78, 5) is 23.6. The van der Waals surface area contributed by atoms with Crippen molar-refractivity contribution in [2.75, 3.05) is 0 Å². The van der Waals surface area contributed by atoms with Crippen LogP contribution in [-0.2, 0) is 9.59 Å². The Balaban J connectivity index is 1.84. The monoisotopic (exact) mass is 353 g/mol. The number of aliphatic carboxylic acids is 1. The van der Waals surface area contributed by atoms with Crippen molar-refractivity contribution in [2.24, 2.45) is 23.2 Å². The summed E-state index contributed by atoms with van der Waals surface area (Å²) in [7, 11) is 0. The van der Waals surface area contributed by atoms with Gasteiger partial charge in [-0.2, -0.15) is 0 Å². The molecule has 0 spiro atoms. The summed E-state index contributed by atoms with van der Waals surface area (Å²) in [5.74, 6) is -0.122. The molecule has 0 heterocycles. The summed E-state index contributed by atoms with van der Waals surface area (Å²) in [6.07, 6.45) is 6.17. The zero-order valence-electron chi connectivity index (χ0n) is 11.4. The van der Waals surface area contributed by atoms with Crippen LogP contribution in [0.3, 0.4) is 0 Å². The fourth-order valence-electron chi connectivity index (χ4n) is 5.22. The molecular weight excluding hydrogens is 337 g/mol. The van der Waals surface area contributed by atoms with Crippen molar-refractivity contribution in [3.63, 3.8) is 0 Å². The maximum Gasteiger partial charge on any atom is 0.326 e. The molecule has 0 radical (unpaired) electrons. The molecule has 4 rings (SSSR count). The molecule has 4 aliphatic carbocycles. The lowest BCUT2D eigenvalue weighted by Crippen LogP contribution is -2.61. The molecule has 0 unspecified atom stereocenters. The number of carboxylic acid groups (broad SMARTS) is 1. The van der Waals surface area contributed by atoms with Gasteiger partial charge in [-0.05, 0) is 56.3 Å². The highest BCUT2D eigenvalue weighted by Gasteiger charge is 2.57. The van der Waals surface area contributed by atoms with Gasteiger partial charge in [-0.1, -0.05) is 34.8 Å². The van der Waals surface area contributed by atoms with Gasteiger partial charge in [0, 0.05) is 5.41 Å². The number of carbonyl (C=O) groups excluding carboxylic acids is 1. The number of hydrogen-bond donors (Lipinski definition) is 2. The molecule has 7 heteroatoms. The smallest absolute Gasteiger partial charge is 0.326 e. The average molecular weight is 355 g/mol. The Morgan fingerprint density at radius 1 is 1.05 bits per heavy atom. The van der Waals surface area contributed by atoms with Gasteiger partial charge in [0.1, 0.15) is 6.04 Å². The fourth-order valence-corrected chi connectivity index (χ4v) is 5.38. The van der Waals surface area contributed by atoms with Gasteiger partial charge in [-0.3, -0.25) is 4.79 Å². The van der Waals surface area contributed by atoms with E-state index in [1.165, 1.54) is 19.3 Å². The molecule has 0 aromatic carbocycles. The minimum Gasteiger partial charge on any atom is -0.480 e. The summed E-state index contributed by atoms with van der Waals surface area (Å²) < 4.78 is -2.13. The van der Waals surface area contributed by atoms with E-state index in [9.17, 15) is 14.7 Å². The second-order valence-electron chi connectivity index (χ2n) is 7.02. The van der Waals surface area contributed by atoms with Gasteiger partial charge in [0.2, 0.25) is 0 Å². The van der Waals surface area contributed by atoms with E-state index >= 15 is 0 Å². The summed E-state index contributed by atoms with van der Waals surface area (Å²) in [5.41, 5.74) is -0.369. The van der Waals surface area contributed by atoms with E-state index in [4.69, 9.17) is 34.8 Å². The third-order valence-corrected chi connectivity index (χ3v) is 5.99. The Labute approximate surface area is 138 Å².